The monoisotopic (exact) mass is 525 g/mol. The van der Waals surface area contributed by atoms with Crippen molar-refractivity contribution in [3.63, 3.8) is 0 Å². The van der Waals surface area contributed by atoms with Gasteiger partial charge in [-0.1, -0.05) is 6.92 Å². The highest BCUT2D eigenvalue weighted by atomic mass is 19.1. The number of aromatic nitrogens is 3. The summed E-state index contributed by atoms with van der Waals surface area (Å²) < 4.78 is 21.3. The third-order valence-corrected chi connectivity index (χ3v) is 7.57. The minimum atomic E-state index is -1.88. The van der Waals surface area contributed by atoms with Crippen LogP contribution in [0, 0.1) is 19.8 Å². The van der Waals surface area contributed by atoms with E-state index in [1.54, 1.807) is 30.2 Å². The molecule has 1 atom stereocenters. The van der Waals surface area contributed by atoms with Crippen molar-refractivity contribution >= 4 is 17.3 Å². The molecule has 0 spiro atoms. The molecule has 2 amide bonds. The number of nitrogens with zero attached hydrogens (tertiary/aromatic N) is 3. The van der Waals surface area contributed by atoms with Gasteiger partial charge in [-0.15, -0.1) is 0 Å². The van der Waals surface area contributed by atoms with Crippen LogP contribution in [0.2, 0.25) is 0 Å². The van der Waals surface area contributed by atoms with E-state index in [4.69, 9.17) is 4.74 Å². The van der Waals surface area contributed by atoms with Crippen molar-refractivity contribution < 1.29 is 18.7 Å². The quantitative estimate of drug-likeness (QED) is 0.489. The highest BCUT2D eigenvalue weighted by molar-refractivity contribution is 6.03. The Morgan fingerprint density at radius 2 is 1.97 bits per heavy atom. The molecular formula is C28H36FN5O4. The molecule has 0 aliphatic carbocycles. The van der Waals surface area contributed by atoms with Crippen LogP contribution in [0.5, 0.6) is 5.75 Å². The normalized spacial score (nSPS) is 15.5. The second-order valence-corrected chi connectivity index (χ2v) is 10.6. The molecule has 2 N–H and O–H groups in total. The molecule has 4 rings (SSSR count). The van der Waals surface area contributed by atoms with Crippen molar-refractivity contribution in [3.05, 3.63) is 62.8 Å². The third-order valence-electron chi connectivity index (χ3n) is 7.57. The maximum Gasteiger partial charge on any atom is 0.259 e. The van der Waals surface area contributed by atoms with Crippen LogP contribution in [0.3, 0.4) is 0 Å². The van der Waals surface area contributed by atoms with Crippen LogP contribution in [0.15, 0.2) is 29.2 Å². The lowest BCUT2D eigenvalue weighted by Gasteiger charge is -2.36. The number of halogens is 1. The number of ether oxygens (including phenoxy) is 1. The first-order valence-corrected chi connectivity index (χ1v) is 12.9. The highest BCUT2D eigenvalue weighted by Gasteiger charge is 2.36. The smallest absolute Gasteiger partial charge is 0.259 e. The van der Waals surface area contributed by atoms with Gasteiger partial charge in [0.2, 0.25) is 0 Å². The van der Waals surface area contributed by atoms with E-state index in [1.165, 1.54) is 21.0 Å². The molecule has 1 aliphatic rings. The van der Waals surface area contributed by atoms with Crippen molar-refractivity contribution in [2.75, 3.05) is 20.2 Å². The van der Waals surface area contributed by atoms with Gasteiger partial charge in [-0.25, -0.2) is 8.91 Å². The van der Waals surface area contributed by atoms with Gasteiger partial charge in [0, 0.05) is 36.6 Å². The summed E-state index contributed by atoms with van der Waals surface area (Å²) in [5.41, 5.74) is 1.77. The molecule has 0 saturated carbocycles. The van der Waals surface area contributed by atoms with E-state index in [2.05, 4.69) is 22.3 Å². The first-order chi connectivity index (χ1) is 17.9. The summed E-state index contributed by atoms with van der Waals surface area (Å²) in [6, 6.07) is 5.37. The number of methoxy groups -OCH3 is 1. The number of aryl methyl sites for hydroxylation is 1. The number of likely N-dealkylation sites (tertiary alicyclic amines) is 1. The molecule has 204 valence electrons. The van der Waals surface area contributed by atoms with E-state index >= 15 is 0 Å². The first-order valence-electron chi connectivity index (χ1n) is 12.9. The fourth-order valence-corrected chi connectivity index (χ4v) is 5.55. The summed E-state index contributed by atoms with van der Waals surface area (Å²) in [7, 11) is 1.49. The van der Waals surface area contributed by atoms with E-state index in [0.717, 1.165) is 24.1 Å². The first kappa shape index (κ1) is 27.3. The lowest BCUT2D eigenvalue weighted by Crippen LogP contribution is -2.47. The summed E-state index contributed by atoms with van der Waals surface area (Å²) in [6.07, 6.45) is 3.16. The van der Waals surface area contributed by atoms with Crippen LogP contribution in [-0.4, -0.2) is 57.2 Å². The number of amides is 2. The number of alkyl halides is 1. The average Bonchev–Trinajstić information content (AvgIpc) is 3.17. The minimum absolute atomic E-state index is 0.0109. The number of H-pyrrole nitrogens is 1. The van der Waals surface area contributed by atoms with Crippen LogP contribution >= 0.6 is 0 Å². The third kappa shape index (κ3) is 5.16. The van der Waals surface area contributed by atoms with Crippen LogP contribution in [0.25, 0.3) is 5.52 Å². The second-order valence-electron chi connectivity index (χ2n) is 10.6. The maximum atomic E-state index is 14.2. The highest BCUT2D eigenvalue weighted by Crippen LogP contribution is 2.37. The molecular weight excluding hydrogens is 489 g/mol. The maximum absolute atomic E-state index is 14.2. The molecule has 10 heteroatoms. The second kappa shape index (κ2) is 10.6. The van der Waals surface area contributed by atoms with E-state index in [9.17, 15) is 18.8 Å². The number of hydrogen-bond acceptors (Lipinski definition) is 5. The molecule has 0 bridgehead atoms. The Balaban J connectivity index is 1.58. The van der Waals surface area contributed by atoms with Crippen molar-refractivity contribution in [3.8, 4) is 5.75 Å². The molecule has 1 fully saturated rings. The Bertz CT molecular complexity index is 1410. The fraction of sp³-hybridized carbons (Fsp3) is 0.500. The van der Waals surface area contributed by atoms with Crippen LogP contribution < -0.4 is 15.6 Å². The number of aromatic amines is 1. The number of rotatable bonds is 7. The van der Waals surface area contributed by atoms with E-state index < -0.39 is 11.6 Å². The van der Waals surface area contributed by atoms with Crippen LogP contribution in [0.1, 0.15) is 72.4 Å². The van der Waals surface area contributed by atoms with Crippen molar-refractivity contribution in [2.45, 2.75) is 65.6 Å². The van der Waals surface area contributed by atoms with E-state index in [-0.39, 0.29) is 29.8 Å². The summed E-state index contributed by atoms with van der Waals surface area (Å²) in [5, 5.41) is 7.44. The summed E-state index contributed by atoms with van der Waals surface area (Å²) in [4.78, 5) is 42.7. The van der Waals surface area contributed by atoms with Crippen molar-refractivity contribution in [2.24, 2.45) is 5.92 Å². The average molecular weight is 526 g/mol. The molecule has 3 aromatic heterocycles. The Hall–Kier alpha value is -3.69. The zero-order chi connectivity index (χ0) is 27.8. The number of pyridine rings is 1. The Morgan fingerprint density at radius 1 is 1.29 bits per heavy atom. The number of piperidine rings is 1. The van der Waals surface area contributed by atoms with E-state index in [1.807, 2.05) is 17.5 Å². The molecule has 1 aliphatic heterocycles. The molecule has 1 saturated heterocycles. The number of nitrogens with one attached hydrogen (secondary N) is 2. The van der Waals surface area contributed by atoms with Crippen LogP contribution in [0.4, 0.5) is 4.39 Å². The number of hydrogen-bond donors (Lipinski definition) is 2. The largest absolute Gasteiger partial charge is 0.496 e. The Labute approximate surface area is 221 Å². The van der Waals surface area contributed by atoms with Gasteiger partial charge in [-0.05, 0) is 70.2 Å². The summed E-state index contributed by atoms with van der Waals surface area (Å²) in [5.74, 6) is -0.0693. The van der Waals surface area contributed by atoms with Gasteiger partial charge < -0.3 is 19.9 Å². The molecule has 38 heavy (non-hydrogen) atoms. The van der Waals surface area contributed by atoms with Gasteiger partial charge in [-0.2, -0.15) is 5.10 Å². The number of carbonyl (C=O) groups excluding carboxylic acids is 2. The molecule has 9 nitrogen and oxygen atoms in total. The zero-order valence-corrected chi connectivity index (χ0v) is 22.9. The number of fused-ring (bicyclic) bond motifs is 1. The topological polar surface area (TPSA) is 109 Å². The van der Waals surface area contributed by atoms with Crippen molar-refractivity contribution in [1.29, 1.82) is 0 Å². The van der Waals surface area contributed by atoms with Gasteiger partial charge in [0.1, 0.15) is 5.75 Å². The Kier molecular flexibility index (Phi) is 7.62. The zero-order valence-electron chi connectivity index (χ0n) is 22.9. The van der Waals surface area contributed by atoms with Gasteiger partial charge in [0.05, 0.1) is 30.3 Å². The lowest BCUT2D eigenvalue weighted by molar-refractivity contribution is -0.143. The van der Waals surface area contributed by atoms with E-state index in [0.29, 0.717) is 41.2 Å². The minimum Gasteiger partial charge on any atom is -0.496 e. The van der Waals surface area contributed by atoms with Gasteiger partial charge in [-0.3, -0.25) is 14.4 Å². The predicted molar refractivity (Wildman–Crippen MR) is 142 cm³/mol. The fourth-order valence-electron chi connectivity index (χ4n) is 5.55. The standard InChI is InChI=1S/C28H36FN5O4/c1-16-14-22(38-6)20(25(35)32-16)15-30-26(36)23-18(3)24(34-21(23)8-7-11-31-34)17(2)19-9-12-33(13-10-19)27(37)28(4,5)29/h7-8,11,14,17,19H,9-10,12-13,15H2,1-6H3,(H,30,36)(H,32,35). The SMILES string of the molecule is COc1cc(C)[nH]c(=O)c1CNC(=O)c1c(C)c(C(C)C2CCN(C(=O)C(C)(C)F)CC2)n2ncccc12. The molecule has 0 radical (unpaired) electrons. The van der Waals surface area contributed by atoms with Gasteiger partial charge >= 0.3 is 0 Å². The summed E-state index contributed by atoms with van der Waals surface area (Å²) >= 11 is 0. The van der Waals surface area contributed by atoms with Gasteiger partial charge in [0.25, 0.3) is 17.4 Å². The number of carbonyl (C=O) groups is 2. The van der Waals surface area contributed by atoms with Crippen molar-refractivity contribution in [1.82, 2.24) is 24.8 Å². The lowest BCUT2D eigenvalue weighted by atomic mass is 9.82. The van der Waals surface area contributed by atoms with Crippen LogP contribution in [-0.2, 0) is 11.3 Å². The molecule has 1 unspecified atom stereocenters. The Morgan fingerprint density at radius 3 is 2.61 bits per heavy atom. The predicted octanol–water partition coefficient (Wildman–Crippen LogP) is 3.67. The summed E-state index contributed by atoms with van der Waals surface area (Å²) in [6.45, 7) is 9.39. The molecule has 3 aromatic rings. The van der Waals surface area contributed by atoms with Gasteiger partial charge in [0.15, 0.2) is 5.67 Å². The molecule has 4 heterocycles. The molecule has 0 aromatic carbocycles.